The molecular weight excluding hydrogens is 470 g/mol. The summed E-state index contributed by atoms with van der Waals surface area (Å²) in [5.41, 5.74) is 2.49. The maximum Gasteiger partial charge on any atom is 0.251 e. The molecule has 0 radical (unpaired) electrons. The lowest BCUT2D eigenvalue weighted by molar-refractivity contribution is -0.113. The Balaban J connectivity index is 1.46. The van der Waals surface area contributed by atoms with Gasteiger partial charge in [0.1, 0.15) is 0 Å². The minimum absolute atomic E-state index is 0.0985. The van der Waals surface area contributed by atoms with E-state index in [1.807, 2.05) is 99.0 Å². The van der Waals surface area contributed by atoms with E-state index in [2.05, 4.69) is 20.8 Å². The van der Waals surface area contributed by atoms with Gasteiger partial charge in [-0.15, -0.1) is 10.2 Å². The van der Waals surface area contributed by atoms with Crippen molar-refractivity contribution in [2.45, 2.75) is 45.4 Å². The number of thioether (sulfide) groups is 1. The van der Waals surface area contributed by atoms with Gasteiger partial charge in [0.05, 0.1) is 11.8 Å². The van der Waals surface area contributed by atoms with Crippen molar-refractivity contribution in [3.05, 3.63) is 83.7 Å². The number of nitrogens with zero attached hydrogens (tertiary/aromatic N) is 3. The van der Waals surface area contributed by atoms with Crippen LogP contribution in [0.15, 0.2) is 71.9 Å². The first-order valence-corrected chi connectivity index (χ1v) is 13.1. The fourth-order valence-electron chi connectivity index (χ4n) is 4.04. The molecule has 0 aliphatic heterocycles. The third-order valence-corrected chi connectivity index (χ3v) is 6.97. The van der Waals surface area contributed by atoms with Crippen molar-refractivity contribution in [1.29, 1.82) is 0 Å². The van der Waals surface area contributed by atoms with Gasteiger partial charge in [-0.2, -0.15) is 0 Å². The average Bonchev–Trinajstić information content (AvgIpc) is 3.28. The van der Waals surface area contributed by atoms with Crippen LogP contribution in [0.25, 0.3) is 10.8 Å². The Kier molecular flexibility index (Phi) is 8.05. The number of fused-ring (bicyclic) bond motifs is 1. The maximum atomic E-state index is 12.9. The normalized spacial score (nSPS) is 12.0. The Hall–Kier alpha value is -3.65. The highest BCUT2D eigenvalue weighted by molar-refractivity contribution is 7.99. The molecule has 0 spiro atoms. The summed E-state index contributed by atoms with van der Waals surface area (Å²) in [5, 5.41) is 17.6. The number of aryl methyl sites for hydroxylation is 1. The molecular formula is C28H31N5O2S. The molecule has 186 valence electrons. The van der Waals surface area contributed by atoms with Crippen LogP contribution in [0, 0.1) is 12.8 Å². The molecule has 1 aromatic heterocycles. The number of carbonyl (C=O) groups excluding carboxylic acids is 2. The number of rotatable bonds is 9. The van der Waals surface area contributed by atoms with Crippen LogP contribution in [0.5, 0.6) is 0 Å². The maximum absolute atomic E-state index is 12.9. The molecule has 0 unspecified atom stereocenters. The zero-order chi connectivity index (χ0) is 25.7. The van der Waals surface area contributed by atoms with Crippen LogP contribution >= 0.6 is 11.8 Å². The molecule has 7 nitrogen and oxygen atoms in total. The van der Waals surface area contributed by atoms with Gasteiger partial charge in [0, 0.05) is 23.2 Å². The summed E-state index contributed by atoms with van der Waals surface area (Å²) in [4.78, 5) is 25.7. The molecule has 2 N–H and O–H groups in total. The molecule has 0 fully saturated rings. The Labute approximate surface area is 215 Å². The zero-order valence-corrected chi connectivity index (χ0v) is 21.8. The lowest BCUT2D eigenvalue weighted by Gasteiger charge is -2.22. The first-order chi connectivity index (χ1) is 17.4. The van der Waals surface area contributed by atoms with Crippen molar-refractivity contribution in [2.75, 3.05) is 11.1 Å². The van der Waals surface area contributed by atoms with Gasteiger partial charge in [0.25, 0.3) is 5.91 Å². The highest BCUT2D eigenvalue weighted by atomic mass is 32.2. The standard InChI is InChI=1S/C28H31N5O2S/c1-5-33-26(25(18(2)3)30-27(35)21-15-13-19(4)14-16-21)31-32-28(33)36-17-24(34)29-23-12-8-10-20-9-6-7-11-22(20)23/h6-16,18,25H,5,17H2,1-4H3,(H,29,34)(H,30,35)/t25-/m0/s1. The van der Waals surface area contributed by atoms with Crippen molar-refractivity contribution in [3.63, 3.8) is 0 Å². The lowest BCUT2D eigenvalue weighted by Crippen LogP contribution is -2.33. The molecule has 0 saturated heterocycles. The molecule has 36 heavy (non-hydrogen) atoms. The van der Waals surface area contributed by atoms with Crippen LogP contribution in [0.4, 0.5) is 5.69 Å². The molecule has 0 aliphatic carbocycles. The van der Waals surface area contributed by atoms with E-state index in [0.29, 0.717) is 23.1 Å². The van der Waals surface area contributed by atoms with E-state index in [0.717, 1.165) is 22.0 Å². The van der Waals surface area contributed by atoms with Crippen LogP contribution in [-0.4, -0.2) is 32.3 Å². The van der Waals surface area contributed by atoms with Gasteiger partial charge >= 0.3 is 0 Å². The molecule has 0 aliphatic rings. The third-order valence-electron chi connectivity index (χ3n) is 6.00. The molecule has 4 rings (SSSR count). The molecule has 8 heteroatoms. The van der Waals surface area contributed by atoms with Gasteiger partial charge in [0.15, 0.2) is 11.0 Å². The second kappa shape index (κ2) is 11.4. The fraction of sp³-hybridized carbons (Fsp3) is 0.286. The van der Waals surface area contributed by atoms with E-state index in [1.165, 1.54) is 11.8 Å². The summed E-state index contributed by atoms with van der Waals surface area (Å²) in [5.74, 6) is 0.717. The van der Waals surface area contributed by atoms with Crippen molar-refractivity contribution in [2.24, 2.45) is 5.92 Å². The number of amides is 2. The summed E-state index contributed by atoms with van der Waals surface area (Å²) < 4.78 is 1.97. The quantitative estimate of drug-likeness (QED) is 0.291. The predicted molar refractivity (Wildman–Crippen MR) is 145 cm³/mol. The van der Waals surface area contributed by atoms with Crippen molar-refractivity contribution in [3.8, 4) is 0 Å². The first-order valence-electron chi connectivity index (χ1n) is 12.1. The molecule has 1 heterocycles. The number of benzene rings is 3. The van der Waals surface area contributed by atoms with Crippen molar-refractivity contribution in [1.82, 2.24) is 20.1 Å². The van der Waals surface area contributed by atoms with Gasteiger partial charge in [-0.3, -0.25) is 9.59 Å². The van der Waals surface area contributed by atoms with E-state index in [9.17, 15) is 9.59 Å². The van der Waals surface area contributed by atoms with Gasteiger partial charge in [0.2, 0.25) is 5.91 Å². The SMILES string of the molecule is CCn1c(SCC(=O)Nc2cccc3ccccc23)nnc1[C@@H](NC(=O)c1ccc(C)cc1)C(C)C. The number of hydrogen-bond acceptors (Lipinski definition) is 5. The summed E-state index contributed by atoms with van der Waals surface area (Å²) in [6, 6.07) is 21.0. The first kappa shape index (κ1) is 25.4. The third kappa shape index (κ3) is 5.76. The minimum atomic E-state index is -0.315. The monoisotopic (exact) mass is 501 g/mol. The van der Waals surface area contributed by atoms with Crippen LogP contribution in [0.1, 0.15) is 48.6 Å². The number of hydrogen-bond donors (Lipinski definition) is 2. The molecule has 0 saturated carbocycles. The molecule has 1 atom stereocenters. The fourth-order valence-corrected chi connectivity index (χ4v) is 4.85. The lowest BCUT2D eigenvalue weighted by atomic mass is 10.0. The largest absolute Gasteiger partial charge is 0.342 e. The summed E-state index contributed by atoms with van der Waals surface area (Å²) >= 11 is 1.34. The minimum Gasteiger partial charge on any atom is -0.342 e. The number of carbonyl (C=O) groups is 2. The van der Waals surface area contributed by atoms with Crippen molar-refractivity contribution >= 4 is 40.0 Å². The van der Waals surface area contributed by atoms with E-state index in [-0.39, 0.29) is 29.5 Å². The Morgan fingerprint density at radius 1 is 0.972 bits per heavy atom. The second-order valence-corrected chi connectivity index (χ2v) is 9.95. The van der Waals surface area contributed by atoms with Gasteiger partial charge in [-0.1, -0.05) is 79.7 Å². The molecule has 0 bridgehead atoms. The highest BCUT2D eigenvalue weighted by Crippen LogP contribution is 2.27. The number of anilines is 1. The van der Waals surface area contributed by atoms with E-state index < -0.39 is 0 Å². The Morgan fingerprint density at radius 2 is 1.69 bits per heavy atom. The van der Waals surface area contributed by atoms with Crippen molar-refractivity contribution < 1.29 is 9.59 Å². The average molecular weight is 502 g/mol. The Morgan fingerprint density at radius 3 is 2.42 bits per heavy atom. The molecule has 4 aromatic rings. The second-order valence-electron chi connectivity index (χ2n) is 9.01. The Bertz CT molecular complexity index is 1360. The van der Waals surface area contributed by atoms with Crippen LogP contribution in [0.2, 0.25) is 0 Å². The van der Waals surface area contributed by atoms with Gasteiger partial charge in [-0.25, -0.2) is 0 Å². The van der Waals surface area contributed by atoms with Gasteiger partial charge in [-0.05, 0) is 43.4 Å². The number of aromatic nitrogens is 3. The highest BCUT2D eigenvalue weighted by Gasteiger charge is 2.26. The van der Waals surface area contributed by atoms with Crippen LogP contribution < -0.4 is 10.6 Å². The number of nitrogens with one attached hydrogen (secondary N) is 2. The van der Waals surface area contributed by atoms with Crippen LogP contribution in [0.3, 0.4) is 0 Å². The van der Waals surface area contributed by atoms with Gasteiger partial charge < -0.3 is 15.2 Å². The topological polar surface area (TPSA) is 88.9 Å². The van der Waals surface area contributed by atoms with E-state index in [4.69, 9.17) is 0 Å². The summed E-state index contributed by atoms with van der Waals surface area (Å²) in [6.45, 7) is 8.70. The predicted octanol–water partition coefficient (Wildman–Crippen LogP) is 5.62. The summed E-state index contributed by atoms with van der Waals surface area (Å²) in [6.07, 6.45) is 0. The summed E-state index contributed by atoms with van der Waals surface area (Å²) in [7, 11) is 0. The molecule has 3 aromatic carbocycles. The smallest absolute Gasteiger partial charge is 0.251 e. The zero-order valence-electron chi connectivity index (χ0n) is 21.0. The van der Waals surface area contributed by atoms with Crippen LogP contribution in [-0.2, 0) is 11.3 Å². The molecule has 2 amide bonds. The van der Waals surface area contributed by atoms with E-state index >= 15 is 0 Å². The van der Waals surface area contributed by atoms with E-state index in [1.54, 1.807) is 0 Å².